The van der Waals surface area contributed by atoms with Crippen molar-refractivity contribution in [3.8, 4) is 0 Å². The number of hydrogen-bond donors (Lipinski definition) is 1. The minimum Gasteiger partial charge on any atom is -0.346 e. The molecule has 0 aliphatic rings. The fraction of sp³-hybridized carbons (Fsp3) is 0.235. The second kappa shape index (κ2) is 6.33. The van der Waals surface area contributed by atoms with Gasteiger partial charge in [-0.15, -0.1) is 0 Å². The molecule has 0 saturated carbocycles. The number of hydrogen-bond acceptors (Lipinski definition) is 1. The van der Waals surface area contributed by atoms with Crippen molar-refractivity contribution >= 4 is 5.91 Å². The van der Waals surface area contributed by atoms with Gasteiger partial charge in [-0.2, -0.15) is 0 Å². The summed E-state index contributed by atoms with van der Waals surface area (Å²) in [6.07, 6.45) is 0.571. The van der Waals surface area contributed by atoms with E-state index in [0.29, 0.717) is 17.5 Å². The normalized spacial score (nSPS) is 11.9. The number of aryl methyl sites for hydroxylation is 1. The molecule has 2 nitrogen and oxygen atoms in total. The van der Waals surface area contributed by atoms with E-state index < -0.39 is 0 Å². The van der Waals surface area contributed by atoms with Gasteiger partial charge in [0, 0.05) is 5.56 Å². The maximum Gasteiger partial charge on any atom is 0.251 e. The highest BCUT2D eigenvalue weighted by molar-refractivity contribution is 5.94. The summed E-state index contributed by atoms with van der Waals surface area (Å²) in [5.41, 5.74) is 2.09. The molecule has 0 fully saturated rings. The Bertz CT molecular complexity index is 595. The molecule has 0 aliphatic carbocycles. The maximum absolute atomic E-state index is 13.4. The monoisotopic (exact) mass is 271 g/mol. The minimum atomic E-state index is -0.264. The lowest BCUT2D eigenvalue weighted by atomic mass is 10.1. The largest absolute Gasteiger partial charge is 0.346 e. The Morgan fingerprint density at radius 1 is 1.20 bits per heavy atom. The standard InChI is InChI=1S/C17H18FNO/c1-3-13-11-15(9-10-16(13)18)17(20)19-12(2)14-7-5-4-6-8-14/h4-12H,3H2,1-2H3,(H,19,20)/t12-/m0/s1. The van der Waals surface area contributed by atoms with Crippen LogP contribution in [0.5, 0.6) is 0 Å². The number of carbonyl (C=O) groups is 1. The number of amides is 1. The van der Waals surface area contributed by atoms with Crippen LogP contribution in [-0.2, 0) is 6.42 Å². The van der Waals surface area contributed by atoms with Gasteiger partial charge in [-0.1, -0.05) is 37.3 Å². The SMILES string of the molecule is CCc1cc(C(=O)N[C@@H](C)c2ccccc2)ccc1F. The molecule has 0 aromatic heterocycles. The number of carbonyl (C=O) groups excluding carboxylic acids is 1. The lowest BCUT2D eigenvalue weighted by Gasteiger charge is -2.14. The second-order valence-electron chi connectivity index (χ2n) is 4.77. The minimum absolute atomic E-state index is 0.0844. The van der Waals surface area contributed by atoms with E-state index in [1.807, 2.05) is 44.2 Å². The van der Waals surface area contributed by atoms with Crippen LogP contribution >= 0.6 is 0 Å². The summed E-state index contributed by atoms with van der Waals surface area (Å²) < 4.78 is 13.4. The third kappa shape index (κ3) is 3.23. The third-order valence-corrected chi connectivity index (χ3v) is 3.34. The zero-order chi connectivity index (χ0) is 14.5. The summed E-state index contributed by atoms with van der Waals surface area (Å²) in [7, 11) is 0. The number of rotatable bonds is 4. The van der Waals surface area contributed by atoms with E-state index in [1.165, 1.54) is 12.1 Å². The number of benzene rings is 2. The Morgan fingerprint density at radius 2 is 1.90 bits per heavy atom. The van der Waals surface area contributed by atoms with Crippen LogP contribution in [0.3, 0.4) is 0 Å². The van der Waals surface area contributed by atoms with Gasteiger partial charge in [-0.05, 0) is 42.7 Å². The van der Waals surface area contributed by atoms with Crippen molar-refractivity contribution in [2.75, 3.05) is 0 Å². The molecule has 20 heavy (non-hydrogen) atoms. The Morgan fingerprint density at radius 3 is 2.55 bits per heavy atom. The average Bonchev–Trinajstić information content (AvgIpc) is 2.48. The predicted octanol–water partition coefficient (Wildman–Crippen LogP) is 3.88. The molecule has 2 aromatic rings. The summed E-state index contributed by atoms with van der Waals surface area (Å²) in [5, 5.41) is 2.92. The smallest absolute Gasteiger partial charge is 0.251 e. The molecule has 104 valence electrons. The van der Waals surface area contributed by atoms with Crippen LogP contribution in [-0.4, -0.2) is 5.91 Å². The Kier molecular flexibility index (Phi) is 4.51. The van der Waals surface area contributed by atoms with Gasteiger partial charge in [0.2, 0.25) is 0 Å². The first-order chi connectivity index (χ1) is 9.61. The van der Waals surface area contributed by atoms with Gasteiger partial charge < -0.3 is 5.32 Å². The van der Waals surface area contributed by atoms with Crippen LogP contribution < -0.4 is 5.32 Å². The fourth-order valence-electron chi connectivity index (χ4n) is 2.09. The van der Waals surface area contributed by atoms with E-state index in [9.17, 15) is 9.18 Å². The number of halogens is 1. The second-order valence-corrected chi connectivity index (χ2v) is 4.77. The van der Waals surface area contributed by atoms with Gasteiger partial charge in [0.05, 0.1) is 6.04 Å². The molecule has 0 spiro atoms. The quantitative estimate of drug-likeness (QED) is 0.898. The molecule has 2 rings (SSSR count). The van der Waals surface area contributed by atoms with E-state index in [0.717, 1.165) is 5.56 Å². The Hall–Kier alpha value is -2.16. The van der Waals surface area contributed by atoms with Crippen LogP contribution in [0, 0.1) is 5.82 Å². The predicted molar refractivity (Wildman–Crippen MR) is 78.1 cm³/mol. The fourth-order valence-corrected chi connectivity index (χ4v) is 2.09. The van der Waals surface area contributed by atoms with E-state index in [1.54, 1.807) is 6.07 Å². The van der Waals surface area contributed by atoms with Gasteiger partial charge in [0.15, 0.2) is 0 Å². The molecule has 2 aromatic carbocycles. The molecule has 0 radical (unpaired) electrons. The highest BCUT2D eigenvalue weighted by atomic mass is 19.1. The highest BCUT2D eigenvalue weighted by Crippen LogP contribution is 2.15. The zero-order valence-electron chi connectivity index (χ0n) is 11.7. The van der Waals surface area contributed by atoms with Crippen molar-refractivity contribution in [1.29, 1.82) is 0 Å². The molecule has 1 atom stereocenters. The number of nitrogens with one attached hydrogen (secondary N) is 1. The summed E-state index contributed by atoms with van der Waals surface area (Å²) >= 11 is 0. The van der Waals surface area contributed by atoms with Crippen molar-refractivity contribution in [2.45, 2.75) is 26.3 Å². The van der Waals surface area contributed by atoms with Crippen LogP contribution in [0.25, 0.3) is 0 Å². The van der Waals surface area contributed by atoms with Crippen molar-refractivity contribution < 1.29 is 9.18 Å². The first-order valence-electron chi connectivity index (χ1n) is 6.76. The van der Waals surface area contributed by atoms with E-state index in [-0.39, 0.29) is 17.8 Å². The first-order valence-corrected chi connectivity index (χ1v) is 6.76. The van der Waals surface area contributed by atoms with E-state index in [4.69, 9.17) is 0 Å². The first kappa shape index (κ1) is 14.3. The third-order valence-electron chi connectivity index (χ3n) is 3.34. The van der Waals surface area contributed by atoms with Crippen molar-refractivity contribution in [3.63, 3.8) is 0 Å². The lowest BCUT2D eigenvalue weighted by molar-refractivity contribution is 0.0939. The summed E-state index contributed by atoms with van der Waals surface area (Å²) in [5.74, 6) is -0.448. The van der Waals surface area contributed by atoms with Gasteiger partial charge in [0.25, 0.3) is 5.91 Å². The zero-order valence-corrected chi connectivity index (χ0v) is 11.7. The molecular weight excluding hydrogens is 253 g/mol. The van der Waals surface area contributed by atoms with E-state index in [2.05, 4.69) is 5.32 Å². The molecular formula is C17H18FNO. The van der Waals surface area contributed by atoms with Crippen molar-refractivity contribution in [3.05, 3.63) is 71.0 Å². The van der Waals surface area contributed by atoms with Gasteiger partial charge >= 0.3 is 0 Å². The van der Waals surface area contributed by atoms with Gasteiger partial charge in [-0.25, -0.2) is 4.39 Å². The molecule has 0 unspecified atom stereocenters. The topological polar surface area (TPSA) is 29.1 Å². The molecule has 0 saturated heterocycles. The Balaban J connectivity index is 2.12. The molecule has 1 amide bonds. The van der Waals surface area contributed by atoms with Crippen molar-refractivity contribution in [2.24, 2.45) is 0 Å². The van der Waals surface area contributed by atoms with Crippen molar-refractivity contribution in [1.82, 2.24) is 5.32 Å². The highest BCUT2D eigenvalue weighted by Gasteiger charge is 2.12. The van der Waals surface area contributed by atoms with Crippen LogP contribution in [0.2, 0.25) is 0 Å². The van der Waals surface area contributed by atoms with Crippen LogP contribution in [0.4, 0.5) is 4.39 Å². The molecule has 0 aliphatic heterocycles. The van der Waals surface area contributed by atoms with Crippen LogP contribution in [0.1, 0.15) is 41.4 Å². The van der Waals surface area contributed by atoms with E-state index >= 15 is 0 Å². The summed E-state index contributed by atoms with van der Waals surface area (Å²) in [4.78, 5) is 12.2. The van der Waals surface area contributed by atoms with Gasteiger partial charge in [0.1, 0.15) is 5.82 Å². The summed E-state index contributed by atoms with van der Waals surface area (Å²) in [6.45, 7) is 3.80. The average molecular weight is 271 g/mol. The van der Waals surface area contributed by atoms with Gasteiger partial charge in [-0.3, -0.25) is 4.79 Å². The summed E-state index contributed by atoms with van der Waals surface area (Å²) in [6, 6.07) is 14.1. The molecule has 0 bridgehead atoms. The molecule has 1 N–H and O–H groups in total. The molecule has 3 heteroatoms. The molecule has 0 heterocycles. The lowest BCUT2D eigenvalue weighted by Crippen LogP contribution is -2.26. The maximum atomic E-state index is 13.4. The Labute approximate surface area is 118 Å². The van der Waals surface area contributed by atoms with Crippen LogP contribution in [0.15, 0.2) is 48.5 Å².